The van der Waals surface area contributed by atoms with Crippen molar-refractivity contribution in [3.63, 3.8) is 0 Å². The Morgan fingerprint density at radius 2 is 1.43 bits per heavy atom. The van der Waals surface area contributed by atoms with Crippen molar-refractivity contribution in [2.24, 2.45) is 0 Å². The highest BCUT2D eigenvalue weighted by Gasteiger charge is 2.18. The molecule has 0 saturated heterocycles. The number of carbonyl (C=O) groups is 1. The Bertz CT molecular complexity index is 667. The number of hydrogen-bond donors (Lipinski definition) is 0. The minimum absolute atomic E-state index is 0.220. The van der Waals surface area contributed by atoms with Crippen LogP contribution in [0.15, 0.2) is 36.4 Å². The Balaban J connectivity index is 2.44. The highest BCUT2D eigenvalue weighted by Crippen LogP contribution is 2.30. The predicted molar refractivity (Wildman–Crippen MR) is 81.0 cm³/mol. The molecule has 4 nitrogen and oxygen atoms in total. The van der Waals surface area contributed by atoms with Crippen LogP contribution in [-0.4, -0.2) is 27.1 Å². The van der Waals surface area contributed by atoms with Crippen LogP contribution < -0.4 is 14.2 Å². The van der Waals surface area contributed by atoms with Gasteiger partial charge in [-0.25, -0.2) is 0 Å². The van der Waals surface area contributed by atoms with Crippen LogP contribution in [-0.2, 0) is 0 Å². The van der Waals surface area contributed by atoms with Crippen molar-refractivity contribution in [2.45, 2.75) is 0 Å². The Morgan fingerprint density at radius 3 is 1.95 bits per heavy atom. The molecule has 0 radical (unpaired) electrons. The topological polar surface area (TPSA) is 44.8 Å². The third-order valence-electron chi connectivity index (χ3n) is 3.07. The van der Waals surface area contributed by atoms with Gasteiger partial charge in [-0.15, -0.1) is 0 Å². The number of hydrogen-bond acceptors (Lipinski definition) is 4. The van der Waals surface area contributed by atoms with Gasteiger partial charge in [0.05, 0.1) is 31.9 Å². The molecule has 0 unspecified atom stereocenters. The highest BCUT2D eigenvalue weighted by molar-refractivity contribution is 6.35. The van der Waals surface area contributed by atoms with Gasteiger partial charge >= 0.3 is 0 Å². The summed E-state index contributed by atoms with van der Waals surface area (Å²) < 4.78 is 15.4. The van der Waals surface area contributed by atoms with E-state index in [9.17, 15) is 4.79 Å². The Labute approximate surface area is 128 Å². The number of ketones is 1. The van der Waals surface area contributed by atoms with Gasteiger partial charge in [-0.05, 0) is 30.3 Å². The largest absolute Gasteiger partial charge is 0.497 e. The van der Waals surface area contributed by atoms with Crippen LogP contribution in [0.1, 0.15) is 15.9 Å². The molecule has 0 spiro atoms. The average Bonchev–Trinajstić information content (AvgIpc) is 2.53. The fraction of sp³-hybridized carbons (Fsp3) is 0.188. The van der Waals surface area contributed by atoms with Crippen LogP contribution >= 0.6 is 11.6 Å². The first kappa shape index (κ1) is 15.2. The summed E-state index contributed by atoms with van der Waals surface area (Å²) in [6, 6.07) is 9.94. The molecule has 0 aliphatic carbocycles. The second kappa shape index (κ2) is 6.50. The van der Waals surface area contributed by atoms with Gasteiger partial charge in [0.1, 0.15) is 17.2 Å². The molecule has 21 heavy (non-hydrogen) atoms. The molecule has 0 aliphatic heterocycles. The fourth-order valence-electron chi connectivity index (χ4n) is 1.94. The van der Waals surface area contributed by atoms with E-state index in [1.54, 1.807) is 50.6 Å². The lowest BCUT2D eigenvalue weighted by molar-refractivity contribution is 0.103. The lowest BCUT2D eigenvalue weighted by Crippen LogP contribution is -2.05. The SMILES string of the molecule is COc1ccc(C(=O)c2ccc(OC)cc2OC)c(Cl)c1. The first-order chi connectivity index (χ1) is 10.1. The minimum atomic E-state index is -0.220. The summed E-state index contributed by atoms with van der Waals surface area (Å²) in [5.74, 6) is 1.43. The van der Waals surface area contributed by atoms with Crippen molar-refractivity contribution >= 4 is 17.4 Å². The summed E-state index contributed by atoms with van der Waals surface area (Å²) >= 11 is 6.14. The van der Waals surface area contributed by atoms with Crippen molar-refractivity contribution < 1.29 is 19.0 Å². The van der Waals surface area contributed by atoms with Crippen molar-refractivity contribution in [3.05, 3.63) is 52.5 Å². The van der Waals surface area contributed by atoms with Gasteiger partial charge in [0, 0.05) is 11.6 Å². The molecule has 0 fully saturated rings. The van der Waals surface area contributed by atoms with Crippen molar-refractivity contribution in [3.8, 4) is 17.2 Å². The number of carbonyl (C=O) groups excluding carboxylic acids is 1. The van der Waals surface area contributed by atoms with Crippen molar-refractivity contribution in [1.82, 2.24) is 0 Å². The van der Waals surface area contributed by atoms with Crippen LogP contribution in [0.5, 0.6) is 17.2 Å². The number of halogens is 1. The second-order valence-corrected chi connectivity index (χ2v) is 4.65. The second-order valence-electron chi connectivity index (χ2n) is 4.24. The first-order valence-electron chi connectivity index (χ1n) is 6.21. The molecule has 0 heterocycles. The Morgan fingerprint density at radius 1 is 0.857 bits per heavy atom. The molecular weight excluding hydrogens is 292 g/mol. The standard InChI is InChI=1S/C16H15ClO4/c1-19-10-4-6-12(14(17)8-10)16(18)13-7-5-11(20-2)9-15(13)21-3/h4-9H,1-3H3. The Kier molecular flexibility index (Phi) is 4.70. The summed E-state index contributed by atoms with van der Waals surface area (Å²) in [5.41, 5.74) is 0.811. The number of methoxy groups -OCH3 is 3. The molecule has 2 rings (SSSR count). The van der Waals surface area contributed by atoms with Crippen LogP contribution in [0.4, 0.5) is 0 Å². The predicted octanol–water partition coefficient (Wildman–Crippen LogP) is 3.60. The van der Waals surface area contributed by atoms with E-state index in [-0.39, 0.29) is 5.78 Å². The van der Waals surface area contributed by atoms with E-state index in [1.165, 1.54) is 7.11 Å². The van der Waals surface area contributed by atoms with Gasteiger partial charge in [0.15, 0.2) is 5.78 Å². The molecule has 0 aliphatic rings. The highest BCUT2D eigenvalue weighted by atomic mass is 35.5. The van der Waals surface area contributed by atoms with E-state index in [1.807, 2.05) is 0 Å². The van der Waals surface area contributed by atoms with Crippen molar-refractivity contribution in [1.29, 1.82) is 0 Å². The zero-order valence-electron chi connectivity index (χ0n) is 12.0. The van der Waals surface area contributed by atoms with E-state index in [2.05, 4.69) is 0 Å². The molecule has 0 atom stereocenters. The molecule has 0 amide bonds. The van der Waals surface area contributed by atoms with Gasteiger partial charge in [-0.1, -0.05) is 11.6 Å². The Hall–Kier alpha value is -2.20. The van der Waals surface area contributed by atoms with Gasteiger partial charge in [0.25, 0.3) is 0 Å². The van der Waals surface area contributed by atoms with Crippen molar-refractivity contribution in [2.75, 3.05) is 21.3 Å². The zero-order chi connectivity index (χ0) is 15.4. The van der Waals surface area contributed by atoms with Crippen LogP contribution in [0, 0.1) is 0 Å². The summed E-state index contributed by atoms with van der Waals surface area (Å²) in [4.78, 5) is 12.6. The number of rotatable bonds is 5. The molecule has 110 valence electrons. The van der Waals surface area contributed by atoms with E-state index >= 15 is 0 Å². The molecule has 0 bridgehead atoms. The maximum atomic E-state index is 12.6. The summed E-state index contributed by atoms with van der Waals surface area (Å²) in [5, 5.41) is 0.331. The summed E-state index contributed by atoms with van der Waals surface area (Å²) in [6.45, 7) is 0. The zero-order valence-corrected chi connectivity index (χ0v) is 12.7. The van der Waals surface area contributed by atoms with Crippen LogP contribution in [0.25, 0.3) is 0 Å². The molecule has 0 aromatic heterocycles. The summed E-state index contributed by atoms with van der Waals surface area (Å²) in [6.07, 6.45) is 0. The quantitative estimate of drug-likeness (QED) is 0.792. The molecule has 2 aromatic rings. The average molecular weight is 307 g/mol. The maximum absolute atomic E-state index is 12.6. The smallest absolute Gasteiger partial charge is 0.198 e. The minimum Gasteiger partial charge on any atom is -0.497 e. The normalized spacial score (nSPS) is 10.1. The van der Waals surface area contributed by atoms with E-state index in [0.29, 0.717) is 33.4 Å². The number of benzene rings is 2. The fourth-order valence-corrected chi connectivity index (χ4v) is 2.19. The number of ether oxygens (including phenoxy) is 3. The monoisotopic (exact) mass is 306 g/mol. The third-order valence-corrected chi connectivity index (χ3v) is 3.39. The lowest BCUT2D eigenvalue weighted by Gasteiger charge is -2.11. The summed E-state index contributed by atoms with van der Waals surface area (Å²) in [7, 11) is 4.59. The third kappa shape index (κ3) is 3.11. The van der Waals surface area contributed by atoms with E-state index in [0.717, 1.165) is 0 Å². The maximum Gasteiger partial charge on any atom is 0.198 e. The van der Waals surface area contributed by atoms with E-state index in [4.69, 9.17) is 25.8 Å². The molecule has 0 saturated carbocycles. The van der Waals surface area contributed by atoms with Gasteiger partial charge in [-0.2, -0.15) is 0 Å². The molecular formula is C16H15ClO4. The first-order valence-corrected chi connectivity index (χ1v) is 6.58. The van der Waals surface area contributed by atoms with Crippen LogP contribution in [0.2, 0.25) is 5.02 Å². The van der Waals surface area contributed by atoms with Gasteiger partial charge in [0.2, 0.25) is 0 Å². The van der Waals surface area contributed by atoms with Gasteiger partial charge < -0.3 is 14.2 Å². The van der Waals surface area contributed by atoms with Gasteiger partial charge in [-0.3, -0.25) is 4.79 Å². The van der Waals surface area contributed by atoms with E-state index < -0.39 is 0 Å². The lowest BCUT2D eigenvalue weighted by atomic mass is 10.0. The van der Waals surface area contributed by atoms with Crippen LogP contribution in [0.3, 0.4) is 0 Å². The molecule has 2 aromatic carbocycles. The molecule has 5 heteroatoms. The molecule has 0 N–H and O–H groups in total.